The third kappa shape index (κ3) is 4.60. The van der Waals surface area contributed by atoms with Crippen molar-refractivity contribution in [1.29, 1.82) is 0 Å². The summed E-state index contributed by atoms with van der Waals surface area (Å²) in [6.07, 6.45) is 3.31. The number of amides is 1. The second-order valence-corrected chi connectivity index (χ2v) is 8.23. The molecule has 29 heavy (non-hydrogen) atoms. The molecule has 146 valence electrons. The Labute approximate surface area is 174 Å². The van der Waals surface area contributed by atoms with E-state index in [2.05, 4.69) is 9.97 Å². The Kier molecular flexibility index (Phi) is 5.82. The van der Waals surface area contributed by atoms with E-state index in [1.807, 2.05) is 36.4 Å². The number of pyridine rings is 1. The Morgan fingerprint density at radius 3 is 2.69 bits per heavy atom. The van der Waals surface area contributed by atoms with Crippen LogP contribution in [0.1, 0.15) is 5.56 Å². The molecule has 0 aliphatic rings. The standard InChI is InChI=1S/C21H15F2N3OS2/c22-15-9-17(23)20-18(10-15)29-21(25-20)26(12-14-5-4-8-24-11-14)19(27)13-28-16-6-2-1-3-7-16/h1-11H,12-13H2. The van der Waals surface area contributed by atoms with Crippen molar-refractivity contribution in [3.63, 3.8) is 0 Å². The van der Waals surface area contributed by atoms with Crippen LogP contribution >= 0.6 is 23.1 Å². The number of thioether (sulfide) groups is 1. The van der Waals surface area contributed by atoms with Crippen LogP contribution in [0.2, 0.25) is 0 Å². The molecule has 0 saturated heterocycles. The van der Waals surface area contributed by atoms with Crippen LogP contribution in [0.5, 0.6) is 0 Å². The molecule has 0 saturated carbocycles. The van der Waals surface area contributed by atoms with Crippen molar-refractivity contribution in [2.75, 3.05) is 10.7 Å². The number of halogens is 2. The van der Waals surface area contributed by atoms with Crippen molar-refractivity contribution >= 4 is 44.4 Å². The molecule has 0 aliphatic carbocycles. The fraction of sp³-hybridized carbons (Fsp3) is 0.0952. The van der Waals surface area contributed by atoms with Gasteiger partial charge >= 0.3 is 0 Å². The maximum atomic E-state index is 14.1. The molecule has 2 aromatic carbocycles. The highest BCUT2D eigenvalue weighted by atomic mass is 32.2. The first-order valence-electron chi connectivity index (χ1n) is 8.73. The summed E-state index contributed by atoms with van der Waals surface area (Å²) in [4.78, 5) is 23.9. The van der Waals surface area contributed by atoms with Crippen molar-refractivity contribution in [2.24, 2.45) is 0 Å². The van der Waals surface area contributed by atoms with Gasteiger partial charge in [-0.15, -0.1) is 11.8 Å². The van der Waals surface area contributed by atoms with Crippen molar-refractivity contribution in [3.8, 4) is 0 Å². The second kappa shape index (κ2) is 8.67. The number of rotatable bonds is 6. The van der Waals surface area contributed by atoms with E-state index in [0.29, 0.717) is 9.83 Å². The molecule has 0 unspecified atom stereocenters. The summed E-state index contributed by atoms with van der Waals surface area (Å²) in [5, 5.41) is 0.326. The number of carbonyl (C=O) groups is 1. The van der Waals surface area contributed by atoms with Crippen LogP contribution < -0.4 is 4.90 Å². The number of nitrogens with zero attached hydrogens (tertiary/aromatic N) is 3. The molecular formula is C21H15F2N3OS2. The summed E-state index contributed by atoms with van der Waals surface area (Å²) in [5.74, 6) is -1.40. The summed E-state index contributed by atoms with van der Waals surface area (Å²) < 4.78 is 28.0. The number of hydrogen-bond acceptors (Lipinski definition) is 5. The van der Waals surface area contributed by atoms with Gasteiger partial charge in [0.2, 0.25) is 5.91 Å². The van der Waals surface area contributed by atoms with Gasteiger partial charge in [-0.1, -0.05) is 35.6 Å². The van der Waals surface area contributed by atoms with Gasteiger partial charge in [0.15, 0.2) is 10.9 Å². The summed E-state index contributed by atoms with van der Waals surface area (Å²) in [6, 6.07) is 15.2. The molecule has 0 fully saturated rings. The molecule has 4 aromatic rings. The van der Waals surface area contributed by atoms with Crippen LogP contribution in [0.4, 0.5) is 13.9 Å². The molecule has 8 heteroatoms. The molecule has 2 aromatic heterocycles. The number of thiazole rings is 1. The summed E-state index contributed by atoms with van der Waals surface area (Å²) >= 11 is 2.50. The van der Waals surface area contributed by atoms with E-state index in [4.69, 9.17) is 0 Å². The van der Waals surface area contributed by atoms with Crippen molar-refractivity contribution in [2.45, 2.75) is 11.4 Å². The Morgan fingerprint density at radius 2 is 1.93 bits per heavy atom. The van der Waals surface area contributed by atoms with Crippen molar-refractivity contribution < 1.29 is 13.6 Å². The third-order valence-electron chi connectivity index (χ3n) is 4.10. The summed E-state index contributed by atoms with van der Waals surface area (Å²) in [6.45, 7) is 0.242. The minimum absolute atomic E-state index is 0.0612. The van der Waals surface area contributed by atoms with Gasteiger partial charge < -0.3 is 0 Å². The lowest BCUT2D eigenvalue weighted by Crippen LogP contribution is -2.31. The molecule has 0 radical (unpaired) electrons. The minimum Gasteiger partial charge on any atom is -0.283 e. The Hall–Kier alpha value is -2.84. The minimum atomic E-state index is -0.741. The number of carbonyl (C=O) groups excluding carboxylic acids is 1. The Morgan fingerprint density at radius 1 is 1.10 bits per heavy atom. The van der Waals surface area contributed by atoms with E-state index >= 15 is 0 Å². The second-order valence-electron chi connectivity index (χ2n) is 6.17. The smallest absolute Gasteiger partial charge is 0.239 e. The van der Waals surface area contributed by atoms with Gasteiger partial charge in [0.25, 0.3) is 0 Å². The van der Waals surface area contributed by atoms with Crippen molar-refractivity contribution in [1.82, 2.24) is 9.97 Å². The molecule has 0 N–H and O–H groups in total. The quantitative estimate of drug-likeness (QED) is 0.392. The number of hydrogen-bond donors (Lipinski definition) is 0. The topological polar surface area (TPSA) is 46.1 Å². The molecule has 4 rings (SSSR count). The van der Waals surface area contributed by atoms with Crippen LogP contribution in [0.15, 0.2) is 71.9 Å². The van der Waals surface area contributed by atoms with E-state index < -0.39 is 11.6 Å². The molecule has 2 heterocycles. The maximum Gasteiger partial charge on any atom is 0.239 e. The highest BCUT2D eigenvalue weighted by Crippen LogP contribution is 2.32. The zero-order valence-electron chi connectivity index (χ0n) is 15.1. The molecular weight excluding hydrogens is 412 g/mol. The highest BCUT2D eigenvalue weighted by Gasteiger charge is 2.22. The average molecular weight is 428 g/mol. The fourth-order valence-electron chi connectivity index (χ4n) is 2.74. The van der Waals surface area contributed by atoms with Gasteiger partial charge in [-0.25, -0.2) is 13.8 Å². The predicted molar refractivity (Wildman–Crippen MR) is 112 cm³/mol. The number of aromatic nitrogens is 2. The van der Waals surface area contributed by atoms with Crippen LogP contribution in [-0.2, 0) is 11.3 Å². The van der Waals surface area contributed by atoms with Gasteiger partial charge in [0.1, 0.15) is 11.3 Å². The lowest BCUT2D eigenvalue weighted by Gasteiger charge is -2.19. The third-order valence-corrected chi connectivity index (χ3v) is 6.13. The predicted octanol–water partition coefficient (Wildman–Crippen LogP) is 5.30. The zero-order chi connectivity index (χ0) is 20.2. The Bertz CT molecular complexity index is 1140. The number of fused-ring (bicyclic) bond motifs is 1. The maximum absolute atomic E-state index is 14.1. The number of benzene rings is 2. The fourth-order valence-corrected chi connectivity index (χ4v) is 4.55. The molecule has 1 amide bonds. The van der Waals surface area contributed by atoms with Crippen LogP contribution in [0.25, 0.3) is 10.2 Å². The van der Waals surface area contributed by atoms with Crippen molar-refractivity contribution in [3.05, 3.63) is 84.2 Å². The first-order chi connectivity index (χ1) is 14.1. The molecule has 0 spiro atoms. The lowest BCUT2D eigenvalue weighted by atomic mass is 10.2. The molecule has 0 aliphatic heterocycles. The van der Waals surface area contributed by atoms with E-state index in [1.165, 1.54) is 22.7 Å². The molecule has 0 atom stereocenters. The first-order valence-corrected chi connectivity index (χ1v) is 10.5. The Balaban J connectivity index is 1.64. The summed E-state index contributed by atoms with van der Waals surface area (Å²) in [7, 11) is 0. The van der Waals surface area contributed by atoms with E-state index in [0.717, 1.165) is 27.9 Å². The first kappa shape index (κ1) is 19.5. The lowest BCUT2D eigenvalue weighted by molar-refractivity contribution is -0.116. The van der Waals surface area contributed by atoms with Gasteiger partial charge in [-0.05, 0) is 29.8 Å². The largest absolute Gasteiger partial charge is 0.283 e. The average Bonchev–Trinajstić information content (AvgIpc) is 3.16. The summed E-state index contributed by atoms with van der Waals surface area (Å²) in [5.41, 5.74) is 0.877. The normalized spacial score (nSPS) is 11.0. The highest BCUT2D eigenvalue weighted by molar-refractivity contribution is 8.00. The SMILES string of the molecule is O=C(CSc1ccccc1)N(Cc1cccnc1)c1nc2c(F)cc(F)cc2s1. The van der Waals surface area contributed by atoms with Crippen LogP contribution in [0.3, 0.4) is 0 Å². The van der Waals surface area contributed by atoms with Gasteiger partial charge in [-0.3, -0.25) is 14.7 Å². The van der Waals surface area contributed by atoms with E-state index in [9.17, 15) is 13.6 Å². The van der Waals surface area contributed by atoms with Gasteiger partial charge in [-0.2, -0.15) is 0 Å². The van der Waals surface area contributed by atoms with Gasteiger partial charge in [0, 0.05) is 23.4 Å². The van der Waals surface area contributed by atoms with Gasteiger partial charge in [0.05, 0.1) is 17.0 Å². The van der Waals surface area contributed by atoms with Crippen LogP contribution in [0, 0.1) is 11.6 Å². The monoisotopic (exact) mass is 427 g/mol. The zero-order valence-corrected chi connectivity index (χ0v) is 16.7. The van der Waals surface area contributed by atoms with E-state index in [1.54, 1.807) is 18.5 Å². The van der Waals surface area contributed by atoms with E-state index in [-0.39, 0.29) is 23.7 Å². The molecule has 4 nitrogen and oxygen atoms in total. The van der Waals surface area contributed by atoms with Crippen LogP contribution in [-0.4, -0.2) is 21.6 Å². The number of anilines is 1. The molecule has 0 bridgehead atoms.